The quantitative estimate of drug-likeness (QED) is 0.346. The fourth-order valence-corrected chi connectivity index (χ4v) is 4.30. The molecular weight excluding hydrogens is 416 g/mol. The Kier molecular flexibility index (Phi) is 5.99. The number of hydrogen-bond donors (Lipinski definition) is 1. The molecule has 1 aliphatic rings. The predicted octanol–water partition coefficient (Wildman–Crippen LogP) is 3.65. The average Bonchev–Trinajstić information content (AvgIpc) is 3.42. The zero-order valence-electron chi connectivity index (χ0n) is 16.7. The lowest BCUT2D eigenvalue weighted by Crippen LogP contribution is -2.33. The summed E-state index contributed by atoms with van der Waals surface area (Å²) in [5.74, 6) is -0.240. The lowest BCUT2D eigenvalue weighted by atomic mass is 10.0. The second-order valence-electron chi connectivity index (χ2n) is 6.77. The Morgan fingerprint density at radius 1 is 1.10 bits per heavy atom. The Balaban J connectivity index is 1.60. The number of carbonyl (C=O) groups is 2. The largest absolute Gasteiger partial charge is 0.507 e. The molecule has 0 radical (unpaired) electrons. The van der Waals surface area contributed by atoms with Crippen LogP contribution in [0, 0.1) is 0 Å². The van der Waals surface area contributed by atoms with Gasteiger partial charge < -0.3 is 19.5 Å². The van der Waals surface area contributed by atoms with Crippen LogP contribution in [0.2, 0.25) is 0 Å². The van der Waals surface area contributed by atoms with Gasteiger partial charge in [-0.2, -0.15) is 0 Å². The Bertz CT molecular complexity index is 1090. The van der Waals surface area contributed by atoms with Crippen LogP contribution in [0.4, 0.5) is 0 Å². The summed E-state index contributed by atoms with van der Waals surface area (Å²) in [7, 11) is 1.59. The highest BCUT2D eigenvalue weighted by Crippen LogP contribution is 2.40. The van der Waals surface area contributed by atoms with E-state index in [0.29, 0.717) is 17.1 Å². The van der Waals surface area contributed by atoms with Gasteiger partial charge >= 0.3 is 0 Å². The van der Waals surface area contributed by atoms with Crippen LogP contribution >= 0.6 is 11.3 Å². The molecule has 1 aromatic carbocycles. The summed E-state index contributed by atoms with van der Waals surface area (Å²) in [6.45, 7) is 0.378. The van der Waals surface area contributed by atoms with Gasteiger partial charge in [-0.05, 0) is 47.8 Å². The standard InChI is InChI=1S/C23H20N2O5S/c1-29-16-4-6-17(7-5-16)30-13-12-25-20(18-3-2-14-31-18)19(22(27)23(25)28)21(26)15-8-10-24-11-9-15/h2-11,14,20,26H,12-13H2,1H3/b21-19-. The smallest absolute Gasteiger partial charge is 0.295 e. The van der Waals surface area contributed by atoms with E-state index in [2.05, 4.69) is 4.98 Å². The van der Waals surface area contributed by atoms with Crippen LogP contribution in [-0.2, 0) is 9.59 Å². The minimum atomic E-state index is -0.711. The van der Waals surface area contributed by atoms with Gasteiger partial charge in [0, 0.05) is 22.8 Å². The van der Waals surface area contributed by atoms with Crippen molar-refractivity contribution in [3.05, 3.63) is 82.3 Å². The molecule has 2 aromatic heterocycles. The van der Waals surface area contributed by atoms with E-state index in [9.17, 15) is 14.7 Å². The second-order valence-corrected chi connectivity index (χ2v) is 7.75. The van der Waals surface area contributed by atoms with Gasteiger partial charge in [0.25, 0.3) is 11.7 Å². The molecule has 0 bridgehead atoms. The number of methoxy groups -OCH3 is 1. The first-order valence-corrected chi connectivity index (χ1v) is 10.5. The number of hydrogen-bond acceptors (Lipinski definition) is 7. The Labute approximate surface area is 183 Å². The molecule has 7 nitrogen and oxygen atoms in total. The predicted molar refractivity (Wildman–Crippen MR) is 116 cm³/mol. The maximum Gasteiger partial charge on any atom is 0.295 e. The van der Waals surface area contributed by atoms with Gasteiger partial charge in [-0.15, -0.1) is 11.3 Å². The van der Waals surface area contributed by atoms with Gasteiger partial charge in [0.2, 0.25) is 0 Å². The van der Waals surface area contributed by atoms with Crippen molar-refractivity contribution < 1.29 is 24.2 Å². The highest BCUT2D eigenvalue weighted by molar-refractivity contribution is 7.10. The number of benzene rings is 1. The molecule has 0 spiro atoms. The lowest BCUT2D eigenvalue weighted by molar-refractivity contribution is -0.140. The molecule has 4 rings (SSSR count). The number of ether oxygens (including phenoxy) is 2. The monoisotopic (exact) mass is 436 g/mol. The molecule has 158 valence electrons. The van der Waals surface area contributed by atoms with Gasteiger partial charge in [-0.3, -0.25) is 14.6 Å². The van der Waals surface area contributed by atoms with Gasteiger partial charge in [0.15, 0.2) is 0 Å². The van der Waals surface area contributed by atoms with Crippen molar-refractivity contribution in [2.45, 2.75) is 6.04 Å². The molecule has 31 heavy (non-hydrogen) atoms. The van der Waals surface area contributed by atoms with Gasteiger partial charge in [0.05, 0.1) is 25.3 Å². The average molecular weight is 436 g/mol. The third-order valence-corrected chi connectivity index (χ3v) is 5.89. The number of aliphatic hydroxyl groups is 1. The summed E-state index contributed by atoms with van der Waals surface area (Å²) >= 11 is 1.42. The number of rotatable bonds is 7. The van der Waals surface area contributed by atoms with E-state index in [0.717, 1.165) is 4.88 Å². The minimum absolute atomic E-state index is 0.0723. The number of aliphatic hydroxyl groups excluding tert-OH is 1. The topological polar surface area (TPSA) is 89.0 Å². The molecule has 8 heteroatoms. The van der Waals surface area contributed by atoms with Crippen LogP contribution in [0.5, 0.6) is 11.5 Å². The third kappa shape index (κ3) is 4.15. The molecule has 1 saturated heterocycles. The van der Waals surface area contributed by atoms with Gasteiger partial charge in [0.1, 0.15) is 23.9 Å². The second kappa shape index (κ2) is 9.01. The molecular formula is C23H20N2O5S. The number of aromatic nitrogens is 1. The zero-order chi connectivity index (χ0) is 21.8. The van der Waals surface area contributed by atoms with Crippen LogP contribution < -0.4 is 9.47 Å². The highest BCUT2D eigenvalue weighted by Gasteiger charge is 2.46. The van der Waals surface area contributed by atoms with Gasteiger partial charge in [-0.1, -0.05) is 6.07 Å². The number of likely N-dealkylation sites (tertiary alicyclic amines) is 1. The Morgan fingerprint density at radius 2 is 1.81 bits per heavy atom. The summed E-state index contributed by atoms with van der Waals surface area (Å²) in [5, 5.41) is 12.7. The molecule has 0 aliphatic carbocycles. The van der Waals surface area contributed by atoms with Gasteiger partial charge in [-0.25, -0.2) is 0 Å². The van der Waals surface area contributed by atoms with E-state index >= 15 is 0 Å². The van der Waals surface area contributed by atoms with Crippen molar-refractivity contribution in [3.63, 3.8) is 0 Å². The molecule has 3 aromatic rings. The number of Topliss-reactive ketones (excluding diaryl/α,β-unsaturated/α-hetero) is 1. The van der Waals surface area contributed by atoms with E-state index in [1.54, 1.807) is 43.5 Å². The van der Waals surface area contributed by atoms with Crippen molar-refractivity contribution in [1.82, 2.24) is 9.88 Å². The van der Waals surface area contributed by atoms with Crippen molar-refractivity contribution in [3.8, 4) is 11.5 Å². The van der Waals surface area contributed by atoms with Crippen LogP contribution in [0.15, 0.2) is 71.9 Å². The van der Waals surface area contributed by atoms with E-state index < -0.39 is 17.7 Å². The minimum Gasteiger partial charge on any atom is -0.507 e. The first-order chi connectivity index (χ1) is 15.1. The summed E-state index contributed by atoms with van der Waals surface area (Å²) in [6.07, 6.45) is 3.04. The van der Waals surface area contributed by atoms with E-state index in [4.69, 9.17) is 9.47 Å². The third-order valence-electron chi connectivity index (χ3n) is 4.97. The number of pyridine rings is 1. The van der Waals surface area contributed by atoms with Crippen LogP contribution in [0.1, 0.15) is 16.5 Å². The van der Waals surface area contributed by atoms with Crippen LogP contribution in [0.25, 0.3) is 5.76 Å². The number of ketones is 1. The fourth-order valence-electron chi connectivity index (χ4n) is 3.45. The maximum absolute atomic E-state index is 12.9. The molecule has 0 saturated carbocycles. The number of nitrogens with zero attached hydrogens (tertiary/aromatic N) is 2. The first-order valence-electron chi connectivity index (χ1n) is 9.59. The summed E-state index contributed by atoms with van der Waals surface area (Å²) in [4.78, 5) is 31.9. The Hall–Kier alpha value is -3.65. The zero-order valence-corrected chi connectivity index (χ0v) is 17.5. The fraction of sp³-hybridized carbons (Fsp3) is 0.174. The molecule has 1 fully saturated rings. The van der Waals surface area contributed by atoms with E-state index in [1.165, 1.54) is 28.6 Å². The SMILES string of the molecule is COc1ccc(OCCN2C(=O)C(=O)/C(=C(\O)c3ccncc3)C2c2cccs2)cc1. The Morgan fingerprint density at radius 3 is 2.45 bits per heavy atom. The number of carbonyl (C=O) groups excluding carboxylic acids is 2. The normalized spacial score (nSPS) is 17.7. The van der Waals surface area contributed by atoms with Crippen LogP contribution in [0.3, 0.4) is 0 Å². The number of amides is 1. The molecule has 1 unspecified atom stereocenters. The van der Waals surface area contributed by atoms with Crippen LogP contribution in [-0.4, -0.2) is 46.9 Å². The van der Waals surface area contributed by atoms with Crippen molar-refractivity contribution >= 4 is 28.8 Å². The first kappa shape index (κ1) is 20.6. The highest BCUT2D eigenvalue weighted by atomic mass is 32.1. The van der Waals surface area contributed by atoms with Crippen molar-refractivity contribution in [2.24, 2.45) is 0 Å². The van der Waals surface area contributed by atoms with E-state index in [-0.39, 0.29) is 24.5 Å². The lowest BCUT2D eigenvalue weighted by Gasteiger charge is -2.24. The molecule has 1 aliphatic heterocycles. The van der Waals surface area contributed by atoms with Crippen molar-refractivity contribution in [2.75, 3.05) is 20.3 Å². The molecule has 1 N–H and O–H groups in total. The van der Waals surface area contributed by atoms with E-state index in [1.807, 2.05) is 17.5 Å². The molecule has 1 amide bonds. The molecule has 1 atom stereocenters. The maximum atomic E-state index is 12.9. The summed E-state index contributed by atoms with van der Waals surface area (Å²) in [6, 6.07) is 13.3. The summed E-state index contributed by atoms with van der Waals surface area (Å²) in [5.41, 5.74) is 0.507. The number of thiophene rings is 1. The summed E-state index contributed by atoms with van der Waals surface area (Å²) < 4.78 is 10.9. The molecule has 3 heterocycles. The van der Waals surface area contributed by atoms with Crippen molar-refractivity contribution in [1.29, 1.82) is 0 Å².